The first kappa shape index (κ1) is 23.2. The molecule has 0 bridgehead atoms. The van der Waals surface area contributed by atoms with Crippen molar-refractivity contribution in [1.29, 1.82) is 0 Å². The van der Waals surface area contributed by atoms with Gasteiger partial charge in [-0.3, -0.25) is 0 Å². The molecule has 0 saturated carbocycles. The number of imidazole rings is 1. The van der Waals surface area contributed by atoms with Gasteiger partial charge in [0, 0.05) is 12.4 Å². The maximum Gasteiger partial charge on any atom is 0.336 e. The Morgan fingerprint density at radius 1 is 1.00 bits per heavy atom. The minimum Gasteiger partial charge on any atom is -0.484 e. The molecule has 174 valence electrons. The van der Waals surface area contributed by atoms with E-state index >= 15 is 0 Å². The summed E-state index contributed by atoms with van der Waals surface area (Å²) in [6.45, 7) is 2.30. The Balaban J connectivity index is 1.57. The van der Waals surface area contributed by atoms with Gasteiger partial charge in [-0.05, 0) is 72.9 Å². The van der Waals surface area contributed by atoms with Crippen LogP contribution >= 0.6 is 0 Å². The SMILES string of the molecule is Cc1nccn1CC(Oc1ccc(CCc2ccc(F)cc2)c(C(=O)O)c1)c1ccc(F)cc1. The fraction of sp³-hybridized carbons (Fsp3) is 0.185. The quantitative estimate of drug-likeness (QED) is 0.343. The van der Waals surface area contributed by atoms with Gasteiger partial charge in [0.2, 0.25) is 0 Å². The largest absolute Gasteiger partial charge is 0.484 e. The molecule has 0 aliphatic heterocycles. The highest BCUT2D eigenvalue weighted by molar-refractivity contribution is 5.90. The topological polar surface area (TPSA) is 64.4 Å². The van der Waals surface area contributed by atoms with E-state index in [-0.39, 0.29) is 17.2 Å². The average molecular weight is 462 g/mol. The van der Waals surface area contributed by atoms with Gasteiger partial charge in [0.15, 0.2) is 0 Å². The van der Waals surface area contributed by atoms with Gasteiger partial charge in [0.1, 0.15) is 29.3 Å². The Kier molecular flexibility index (Phi) is 7.01. The second kappa shape index (κ2) is 10.3. The molecular formula is C27H24F2N2O3. The second-order valence-electron chi connectivity index (χ2n) is 8.04. The number of rotatable bonds is 9. The summed E-state index contributed by atoms with van der Waals surface area (Å²) in [5.41, 5.74) is 2.49. The van der Waals surface area contributed by atoms with Gasteiger partial charge < -0.3 is 14.4 Å². The number of hydrogen-bond donors (Lipinski definition) is 1. The molecule has 0 fully saturated rings. The van der Waals surface area contributed by atoms with Gasteiger partial charge in [-0.1, -0.05) is 30.3 Å². The zero-order valence-corrected chi connectivity index (χ0v) is 18.6. The highest BCUT2D eigenvalue weighted by Gasteiger charge is 2.18. The summed E-state index contributed by atoms with van der Waals surface area (Å²) < 4.78 is 34.8. The molecule has 3 aromatic carbocycles. The van der Waals surface area contributed by atoms with Gasteiger partial charge in [0.05, 0.1) is 12.1 Å². The molecular weight excluding hydrogens is 438 g/mol. The molecule has 5 nitrogen and oxygen atoms in total. The Morgan fingerprint density at radius 2 is 1.68 bits per heavy atom. The molecule has 1 N–H and O–H groups in total. The number of carboxylic acid groups (broad SMARTS) is 1. The lowest BCUT2D eigenvalue weighted by atomic mass is 9.99. The first-order valence-corrected chi connectivity index (χ1v) is 10.9. The number of carbonyl (C=O) groups is 1. The first-order chi connectivity index (χ1) is 16.4. The Hall–Kier alpha value is -4.00. The van der Waals surface area contributed by atoms with Crippen LogP contribution in [0.5, 0.6) is 5.75 Å². The van der Waals surface area contributed by atoms with E-state index in [1.165, 1.54) is 30.3 Å². The predicted octanol–water partition coefficient (Wildman–Crippen LogP) is 5.77. The van der Waals surface area contributed by atoms with E-state index in [9.17, 15) is 18.7 Å². The minimum atomic E-state index is -1.05. The van der Waals surface area contributed by atoms with Crippen LogP contribution in [0.2, 0.25) is 0 Å². The molecule has 0 aliphatic carbocycles. The first-order valence-electron chi connectivity index (χ1n) is 10.9. The van der Waals surface area contributed by atoms with Crippen LogP contribution < -0.4 is 4.74 Å². The lowest BCUT2D eigenvalue weighted by Crippen LogP contribution is -2.16. The number of halogens is 2. The third kappa shape index (κ3) is 5.67. The average Bonchev–Trinajstić information content (AvgIpc) is 3.23. The molecule has 34 heavy (non-hydrogen) atoms. The van der Waals surface area contributed by atoms with Crippen LogP contribution in [0.3, 0.4) is 0 Å². The molecule has 4 rings (SSSR count). The van der Waals surface area contributed by atoms with E-state index in [1.807, 2.05) is 17.7 Å². The van der Waals surface area contributed by atoms with E-state index < -0.39 is 12.1 Å². The van der Waals surface area contributed by atoms with Gasteiger partial charge in [-0.25, -0.2) is 18.6 Å². The van der Waals surface area contributed by atoms with Crippen molar-refractivity contribution in [2.24, 2.45) is 0 Å². The van der Waals surface area contributed by atoms with E-state index in [2.05, 4.69) is 4.98 Å². The number of ether oxygens (including phenoxy) is 1. The van der Waals surface area contributed by atoms with Crippen LogP contribution in [0.1, 0.15) is 39.0 Å². The fourth-order valence-electron chi connectivity index (χ4n) is 3.80. The zero-order valence-electron chi connectivity index (χ0n) is 18.6. The molecule has 4 aromatic rings. The zero-order chi connectivity index (χ0) is 24.1. The molecule has 0 saturated heterocycles. The lowest BCUT2D eigenvalue weighted by Gasteiger charge is -2.21. The highest BCUT2D eigenvalue weighted by Crippen LogP contribution is 2.27. The second-order valence-corrected chi connectivity index (χ2v) is 8.04. The lowest BCUT2D eigenvalue weighted by molar-refractivity contribution is 0.0694. The molecule has 0 spiro atoms. The molecule has 1 atom stereocenters. The summed E-state index contributed by atoms with van der Waals surface area (Å²) in [5.74, 6) is -0.505. The van der Waals surface area contributed by atoms with Crippen LogP contribution in [0.4, 0.5) is 8.78 Å². The highest BCUT2D eigenvalue weighted by atomic mass is 19.1. The van der Waals surface area contributed by atoms with Crippen LogP contribution in [0, 0.1) is 18.6 Å². The standard InChI is InChI=1S/C27H24F2N2O3/c1-18-30-14-15-31(18)17-26(21-6-11-23(29)12-7-21)34-24-13-8-20(25(16-24)27(32)33)5-2-19-3-9-22(28)10-4-19/h3-4,6-16,26H,2,5,17H2,1H3,(H,32,33). The van der Waals surface area contributed by atoms with Crippen LogP contribution in [0.15, 0.2) is 79.1 Å². The van der Waals surface area contributed by atoms with Crippen molar-refractivity contribution in [3.05, 3.63) is 119 Å². The summed E-state index contributed by atoms with van der Waals surface area (Å²) in [6.07, 6.45) is 4.11. The van der Waals surface area contributed by atoms with E-state index in [0.717, 1.165) is 17.0 Å². The van der Waals surface area contributed by atoms with Gasteiger partial charge >= 0.3 is 5.97 Å². The van der Waals surface area contributed by atoms with E-state index in [1.54, 1.807) is 42.6 Å². The third-order valence-electron chi connectivity index (χ3n) is 5.71. The van der Waals surface area contributed by atoms with Gasteiger partial charge in [-0.2, -0.15) is 0 Å². The Morgan fingerprint density at radius 3 is 2.29 bits per heavy atom. The van der Waals surface area contributed by atoms with Gasteiger partial charge in [0.25, 0.3) is 0 Å². The number of hydrogen-bond acceptors (Lipinski definition) is 3. The summed E-state index contributed by atoms with van der Waals surface area (Å²) in [4.78, 5) is 16.2. The normalized spacial score (nSPS) is 11.9. The summed E-state index contributed by atoms with van der Waals surface area (Å²) in [7, 11) is 0. The summed E-state index contributed by atoms with van der Waals surface area (Å²) in [5, 5.41) is 9.79. The van der Waals surface area contributed by atoms with Crippen molar-refractivity contribution in [2.45, 2.75) is 32.4 Å². The fourth-order valence-corrected chi connectivity index (χ4v) is 3.80. The number of aromatic nitrogens is 2. The molecule has 0 radical (unpaired) electrons. The number of nitrogens with zero attached hydrogens (tertiary/aromatic N) is 2. The van der Waals surface area contributed by atoms with Gasteiger partial charge in [-0.15, -0.1) is 0 Å². The third-order valence-corrected chi connectivity index (χ3v) is 5.71. The number of benzene rings is 3. The van der Waals surface area contributed by atoms with Crippen molar-refractivity contribution in [3.63, 3.8) is 0 Å². The summed E-state index contributed by atoms with van der Waals surface area (Å²) >= 11 is 0. The van der Waals surface area contributed by atoms with Crippen molar-refractivity contribution < 1.29 is 23.4 Å². The maximum absolute atomic E-state index is 13.5. The molecule has 1 heterocycles. The number of aromatic carboxylic acids is 1. The minimum absolute atomic E-state index is 0.149. The maximum atomic E-state index is 13.5. The molecule has 0 amide bonds. The van der Waals surface area contributed by atoms with Crippen LogP contribution in [-0.4, -0.2) is 20.6 Å². The van der Waals surface area contributed by atoms with Crippen molar-refractivity contribution in [2.75, 3.05) is 0 Å². The smallest absolute Gasteiger partial charge is 0.336 e. The van der Waals surface area contributed by atoms with Crippen LogP contribution in [0.25, 0.3) is 0 Å². The number of aryl methyl sites for hydroxylation is 3. The molecule has 1 aromatic heterocycles. The molecule has 0 aliphatic rings. The van der Waals surface area contributed by atoms with Crippen molar-refractivity contribution >= 4 is 5.97 Å². The van der Waals surface area contributed by atoms with E-state index in [0.29, 0.717) is 30.7 Å². The van der Waals surface area contributed by atoms with E-state index in [4.69, 9.17) is 4.74 Å². The molecule has 1 unspecified atom stereocenters. The predicted molar refractivity (Wildman–Crippen MR) is 124 cm³/mol. The summed E-state index contributed by atoms with van der Waals surface area (Å²) in [6, 6.07) is 17.2. The van der Waals surface area contributed by atoms with Crippen molar-refractivity contribution in [3.8, 4) is 5.75 Å². The number of carboxylic acids is 1. The Labute approximate surface area is 196 Å². The van der Waals surface area contributed by atoms with Crippen LogP contribution in [-0.2, 0) is 19.4 Å². The Bertz CT molecular complexity index is 1270. The monoisotopic (exact) mass is 462 g/mol. The molecule has 7 heteroatoms. The van der Waals surface area contributed by atoms with Crippen molar-refractivity contribution in [1.82, 2.24) is 9.55 Å².